The molecule has 0 spiro atoms. The van der Waals surface area contributed by atoms with E-state index in [1.54, 1.807) is 0 Å². The highest BCUT2D eigenvalue weighted by Crippen LogP contribution is 2.20. The highest BCUT2D eigenvalue weighted by atomic mass is 32.2. The summed E-state index contributed by atoms with van der Waals surface area (Å²) in [6.07, 6.45) is 5.99. The summed E-state index contributed by atoms with van der Waals surface area (Å²) in [7, 11) is -3.09. The van der Waals surface area contributed by atoms with Crippen LogP contribution in [0.5, 0.6) is 0 Å². The molecule has 1 aliphatic heterocycles. The van der Waals surface area contributed by atoms with E-state index in [4.69, 9.17) is 4.74 Å². The van der Waals surface area contributed by atoms with Crippen LogP contribution in [0.2, 0.25) is 0 Å². The zero-order chi connectivity index (χ0) is 14.7. The third-order valence-corrected chi connectivity index (χ3v) is 4.18. The van der Waals surface area contributed by atoms with Crippen LogP contribution in [0, 0.1) is 5.92 Å². The third-order valence-electron chi connectivity index (χ3n) is 2.88. The molecule has 0 aromatic carbocycles. The van der Waals surface area contributed by atoms with Gasteiger partial charge in [-0.3, -0.25) is 0 Å². The van der Waals surface area contributed by atoms with Crippen LogP contribution >= 0.6 is 0 Å². The van der Waals surface area contributed by atoms with Gasteiger partial charge in [-0.15, -0.1) is 0 Å². The van der Waals surface area contributed by atoms with Crippen molar-refractivity contribution in [3.05, 3.63) is 12.2 Å². The predicted octanol–water partition coefficient (Wildman–Crippen LogP) is 1.56. The Bertz CT molecular complexity index is 440. The van der Waals surface area contributed by atoms with Gasteiger partial charge in [-0.1, -0.05) is 6.08 Å². The lowest BCUT2D eigenvalue weighted by atomic mass is 9.98. The summed E-state index contributed by atoms with van der Waals surface area (Å²) in [5.74, 6) is -0.108. The maximum Gasteiger partial charge on any atom is 0.330 e. The molecule has 0 N–H and O–H groups in total. The molecular weight excluding hydrogens is 266 g/mol. The van der Waals surface area contributed by atoms with E-state index in [0.29, 0.717) is 13.1 Å². The fraction of sp³-hybridized carbons (Fsp3) is 0.769. The Morgan fingerprint density at radius 2 is 1.79 bits per heavy atom. The first kappa shape index (κ1) is 16.2. The first-order valence-corrected chi connectivity index (χ1v) is 8.29. The Labute approximate surface area is 115 Å². The molecule has 0 unspecified atom stereocenters. The second-order valence-corrected chi connectivity index (χ2v) is 7.87. The van der Waals surface area contributed by atoms with E-state index in [0.717, 1.165) is 12.8 Å². The predicted molar refractivity (Wildman–Crippen MR) is 74.1 cm³/mol. The second kappa shape index (κ2) is 6.05. The van der Waals surface area contributed by atoms with Crippen molar-refractivity contribution in [3.8, 4) is 0 Å². The van der Waals surface area contributed by atoms with E-state index in [2.05, 4.69) is 0 Å². The molecule has 0 atom stereocenters. The number of carbonyl (C=O) groups excluding carboxylic acids is 1. The number of ether oxygens (including phenoxy) is 1. The van der Waals surface area contributed by atoms with E-state index < -0.39 is 15.6 Å². The maximum absolute atomic E-state index is 11.5. The molecule has 1 aliphatic rings. The van der Waals surface area contributed by atoms with Crippen molar-refractivity contribution in [1.82, 2.24) is 4.31 Å². The zero-order valence-electron chi connectivity index (χ0n) is 12.0. The molecule has 1 rings (SSSR count). The van der Waals surface area contributed by atoms with Crippen LogP contribution in [0.3, 0.4) is 0 Å². The summed E-state index contributed by atoms with van der Waals surface area (Å²) in [5.41, 5.74) is -0.485. The molecule has 0 aromatic rings. The van der Waals surface area contributed by atoms with Gasteiger partial charge in [0.2, 0.25) is 10.0 Å². The van der Waals surface area contributed by atoms with Gasteiger partial charge in [0, 0.05) is 19.2 Å². The van der Waals surface area contributed by atoms with Gasteiger partial charge in [-0.2, -0.15) is 0 Å². The van der Waals surface area contributed by atoms with Gasteiger partial charge >= 0.3 is 5.97 Å². The average Bonchev–Trinajstić information content (AvgIpc) is 2.23. The number of piperidine rings is 1. The van der Waals surface area contributed by atoms with E-state index in [9.17, 15) is 13.2 Å². The van der Waals surface area contributed by atoms with Gasteiger partial charge in [-0.05, 0) is 39.5 Å². The van der Waals surface area contributed by atoms with Gasteiger partial charge in [-0.25, -0.2) is 17.5 Å². The van der Waals surface area contributed by atoms with Crippen LogP contribution in [-0.4, -0.2) is 43.6 Å². The number of esters is 1. The number of hydrogen-bond donors (Lipinski definition) is 0. The first-order chi connectivity index (χ1) is 8.58. The van der Waals surface area contributed by atoms with E-state index in [1.165, 1.54) is 16.6 Å². The molecule has 1 saturated heterocycles. The van der Waals surface area contributed by atoms with Gasteiger partial charge in [0.15, 0.2) is 0 Å². The number of allylic oxidation sites excluding steroid dienone is 1. The summed E-state index contributed by atoms with van der Waals surface area (Å²) in [6.45, 7) is 6.50. The second-order valence-electron chi connectivity index (χ2n) is 5.89. The van der Waals surface area contributed by atoms with Crippen LogP contribution in [-0.2, 0) is 19.6 Å². The van der Waals surface area contributed by atoms with Crippen LogP contribution in [0.15, 0.2) is 12.2 Å². The van der Waals surface area contributed by atoms with Crippen LogP contribution in [0.1, 0.15) is 33.6 Å². The van der Waals surface area contributed by atoms with E-state index in [1.807, 2.05) is 26.8 Å². The molecule has 110 valence electrons. The Balaban J connectivity index is 2.43. The normalized spacial score (nSPS) is 19.8. The SMILES string of the molecule is CC(C)(C)OC(=O)C=CC1CCN(S(C)(=O)=O)CC1. The zero-order valence-corrected chi connectivity index (χ0v) is 12.9. The lowest BCUT2D eigenvalue weighted by molar-refractivity contribution is -0.148. The number of rotatable bonds is 3. The molecule has 0 saturated carbocycles. The van der Waals surface area contributed by atoms with Crippen LogP contribution in [0.25, 0.3) is 0 Å². The van der Waals surface area contributed by atoms with E-state index >= 15 is 0 Å². The minimum absolute atomic E-state index is 0.241. The summed E-state index contributed by atoms with van der Waals surface area (Å²) in [4.78, 5) is 11.5. The highest BCUT2D eigenvalue weighted by molar-refractivity contribution is 7.88. The van der Waals surface area contributed by atoms with Gasteiger partial charge in [0.1, 0.15) is 5.60 Å². The van der Waals surface area contributed by atoms with Gasteiger partial charge in [0.05, 0.1) is 6.26 Å². The minimum atomic E-state index is -3.09. The standard InChI is InChI=1S/C13H23NO4S/c1-13(2,3)18-12(15)6-5-11-7-9-14(10-8-11)19(4,16)17/h5-6,11H,7-10H2,1-4H3. The Morgan fingerprint density at radius 1 is 1.26 bits per heavy atom. The molecule has 0 radical (unpaired) electrons. The van der Waals surface area contributed by atoms with Crippen molar-refractivity contribution < 1.29 is 17.9 Å². The maximum atomic E-state index is 11.5. The van der Waals surface area contributed by atoms with Crippen molar-refractivity contribution in [1.29, 1.82) is 0 Å². The summed E-state index contributed by atoms with van der Waals surface area (Å²) < 4.78 is 29.3. The molecule has 0 bridgehead atoms. The average molecular weight is 289 g/mol. The molecule has 6 heteroatoms. The first-order valence-electron chi connectivity index (χ1n) is 6.44. The van der Waals surface area contributed by atoms with Crippen LogP contribution < -0.4 is 0 Å². The van der Waals surface area contributed by atoms with Gasteiger partial charge < -0.3 is 4.74 Å². The van der Waals surface area contributed by atoms with E-state index in [-0.39, 0.29) is 11.9 Å². The molecule has 5 nitrogen and oxygen atoms in total. The summed E-state index contributed by atoms with van der Waals surface area (Å²) in [5, 5.41) is 0. The van der Waals surface area contributed by atoms with Crippen molar-refractivity contribution in [3.63, 3.8) is 0 Å². The summed E-state index contributed by atoms with van der Waals surface area (Å²) >= 11 is 0. The molecule has 0 aliphatic carbocycles. The number of hydrogen-bond acceptors (Lipinski definition) is 4. The Kier molecular flexibility index (Phi) is 5.15. The van der Waals surface area contributed by atoms with Crippen molar-refractivity contribution in [2.24, 2.45) is 5.92 Å². The van der Waals surface area contributed by atoms with Crippen molar-refractivity contribution >= 4 is 16.0 Å². The monoisotopic (exact) mass is 289 g/mol. The topological polar surface area (TPSA) is 63.7 Å². The lowest BCUT2D eigenvalue weighted by Gasteiger charge is -2.28. The fourth-order valence-electron chi connectivity index (χ4n) is 1.95. The Morgan fingerprint density at radius 3 is 2.21 bits per heavy atom. The molecule has 0 aromatic heterocycles. The molecule has 19 heavy (non-hydrogen) atoms. The minimum Gasteiger partial charge on any atom is -0.457 e. The summed E-state index contributed by atoms with van der Waals surface area (Å²) in [6, 6.07) is 0. The van der Waals surface area contributed by atoms with Crippen molar-refractivity contribution in [2.45, 2.75) is 39.2 Å². The van der Waals surface area contributed by atoms with Crippen LogP contribution in [0.4, 0.5) is 0 Å². The Hall–Kier alpha value is -0.880. The third kappa shape index (κ3) is 6.20. The molecule has 0 amide bonds. The number of carbonyl (C=O) groups is 1. The molecule has 1 heterocycles. The fourth-order valence-corrected chi connectivity index (χ4v) is 2.82. The largest absolute Gasteiger partial charge is 0.457 e. The smallest absolute Gasteiger partial charge is 0.330 e. The molecule has 1 fully saturated rings. The highest BCUT2D eigenvalue weighted by Gasteiger charge is 2.23. The molecular formula is C13H23NO4S. The lowest BCUT2D eigenvalue weighted by Crippen LogP contribution is -2.37. The quantitative estimate of drug-likeness (QED) is 0.584. The number of nitrogens with zero attached hydrogens (tertiary/aromatic N) is 1. The van der Waals surface area contributed by atoms with Gasteiger partial charge in [0.25, 0.3) is 0 Å². The number of sulfonamides is 1. The van der Waals surface area contributed by atoms with Crippen molar-refractivity contribution in [2.75, 3.05) is 19.3 Å².